The standard InChI is InChI=1S/C16H22N2O3/c1-11-7-8-13(9-12(11)2)17-16(21)18(10-15(19)20)14-5-3-4-6-14/h7-9,14H,3-6,10H2,1-2H3,(H,17,21)(H,19,20). The first kappa shape index (κ1) is 15.4. The second kappa shape index (κ2) is 6.61. The zero-order valence-electron chi connectivity index (χ0n) is 12.6. The normalized spacial score (nSPS) is 15.0. The Kier molecular flexibility index (Phi) is 4.83. The molecule has 1 fully saturated rings. The van der Waals surface area contributed by atoms with Crippen molar-refractivity contribution in [1.29, 1.82) is 0 Å². The minimum absolute atomic E-state index is 0.0349. The first-order chi connectivity index (χ1) is 9.97. The van der Waals surface area contributed by atoms with E-state index >= 15 is 0 Å². The van der Waals surface area contributed by atoms with Gasteiger partial charge in [-0.1, -0.05) is 18.9 Å². The number of aryl methyl sites for hydroxylation is 2. The summed E-state index contributed by atoms with van der Waals surface area (Å²) < 4.78 is 0. The van der Waals surface area contributed by atoms with Gasteiger partial charge in [0.05, 0.1) is 0 Å². The highest BCUT2D eigenvalue weighted by atomic mass is 16.4. The molecule has 1 aliphatic rings. The molecule has 2 N–H and O–H groups in total. The molecule has 0 aliphatic heterocycles. The molecule has 0 bridgehead atoms. The highest BCUT2D eigenvalue weighted by Crippen LogP contribution is 2.24. The maximum Gasteiger partial charge on any atom is 0.323 e. The average Bonchev–Trinajstić information content (AvgIpc) is 2.93. The van der Waals surface area contributed by atoms with Crippen molar-refractivity contribution in [1.82, 2.24) is 4.90 Å². The van der Waals surface area contributed by atoms with E-state index in [0.29, 0.717) is 5.69 Å². The van der Waals surface area contributed by atoms with Crippen LogP contribution < -0.4 is 5.32 Å². The molecule has 1 aromatic carbocycles. The van der Waals surface area contributed by atoms with Crippen LogP contribution in [0.1, 0.15) is 36.8 Å². The van der Waals surface area contributed by atoms with Crippen LogP contribution in [0.15, 0.2) is 18.2 Å². The number of hydrogen-bond donors (Lipinski definition) is 2. The molecule has 0 radical (unpaired) electrons. The largest absolute Gasteiger partial charge is 0.480 e. The van der Waals surface area contributed by atoms with Gasteiger partial charge in [-0.2, -0.15) is 0 Å². The SMILES string of the molecule is Cc1ccc(NC(=O)N(CC(=O)O)C2CCCC2)cc1C. The molecule has 0 saturated heterocycles. The van der Waals surface area contributed by atoms with E-state index in [1.807, 2.05) is 32.0 Å². The van der Waals surface area contributed by atoms with Crippen LogP contribution in [0, 0.1) is 13.8 Å². The maximum absolute atomic E-state index is 12.4. The van der Waals surface area contributed by atoms with E-state index in [1.165, 1.54) is 4.90 Å². The summed E-state index contributed by atoms with van der Waals surface area (Å²) in [5, 5.41) is 11.8. The lowest BCUT2D eigenvalue weighted by Crippen LogP contribution is -2.44. The van der Waals surface area contributed by atoms with E-state index in [4.69, 9.17) is 5.11 Å². The number of anilines is 1. The summed E-state index contributed by atoms with van der Waals surface area (Å²) in [5.74, 6) is -0.975. The number of carboxylic acids is 1. The molecule has 0 heterocycles. The number of aliphatic carboxylic acids is 1. The summed E-state index contributed by atoms with van der Waals surface area (Å²) in [6.07, 6.45) is 3.87. The molecule has 0 unspecified atom stereocenters. The number of carbonyl (C=O) groups is 2. The summed E-state index contributed by atoms with van der Waals surface area (Å²) in [7, 11) is 0. The minimum atomic E-state index is -0.975. The van der Waals surface area contributed by atoms with Crippen LogP contribution in [-0.2, 0) is 4.79 Å². The van der Waals surface area contributed by atoms with E-state index in [1.54, 1.807) is 0 Å². The van der Waals surface area contributed by atoms with Gasteiger partial charge in [0.25, 0.3) is 0 Å². The number of amides is 2. The molecule has 114 valence electrons. The predicted molar refractivity (Wildman–Crippen MR) is 81.5 cm³/mol. The zero-order chi connectivity index (χ0) is 15.4. The Hall–Kier alpha value is -2.04. The summed E-state index contributed by atoms with van der Waals surface area (Å²) >= 11 is 0. The number of carbonyl (C=O) groups excluding carboxylic acids is 1. The Morgan fingerprint density at radius 1 is 1.24 bits per heavy atom. The van der Waals surface area contributed by atoms with Crippen molar-refractivity contribution in [3.8, 4) is 0 Å². The van der Waals surface area contributed by atoms with Gasteiger partial charge in [0.15, 0.2) is 0 Å². The van der Waals surface area contributed by atoms with Crippen LogP contribution in [0.3, 0.4) is 0 Å². The molecule has 0 spiro atoms. The summed E-state index contributed by atoms with van der Waals surface area (Å²) in [6.45, 7) is 3.74. The third-order valence-electron chi connectivity index (χ3n) is 4.09. The molecule has 1 saturated carbocycles. The van der Waals surface area contributed by atoms with Gasteiger partial charge in [-0.15, -0.1) is 0 Å². The van der Waals surface area contributed by atoms with Crippen molar-refractivity contribution in [3.63, 3.8) is 0 Å². The second-order valence-electron chi connectivity index (χ2n) is 5.69. The first-order valence-electron chi connectivity index (χ1n) is 7.34. The fourth-order valence-corrected chi connectivity index (χ4v) is 2.74. The summed E-state index contributed by atoms with van der Waals surface area (Å²) in [4.78, 5) is 24.8. The molecule has 0 aromatic heterocycles. The maximum atomic E-state index is 12.4. The number of benzene rings is 1. The molecule has 2 rings (SSSR count). The summed E-state index contributed by atoms with van der Waals surface area (Å²) in [5.41, 5.74) is 2.96. The number of nitrogens with one attached hydrogen (secondary N) is 1. The number of carboxylic acid groups (broad SMARTS) is 1. The number of rotatable bonds is 4. The van der Waals surface area contributed by atoms with Gasteiger partial charge < -0.3 is 15.3 Å². The minimum Gasteiger partial charge on any atom is -0.480 e. The monoisotopic (exact) mass is 290 g/mol. The van der Waals surface area contributed by atoms with Crippen LogP contribution in [0.5, 0.6) is 0 Å². The van der Waals surface area contributed by atoms with Crippen molar-refractivity contribution >= 4 is 17.7 Å². The van der Waals surface area contributed by atoms with Gasteiger partial charge in [-0.05, 0) is 49.9 Å². The van der Waals surface area contributed by atoms with E-state index in [-0.39, 0.29) is 18.6 Å². The van der Waals surface area contributed by atoms with Gasteiger partial charge in [-0.3, -0.25) is 4.79 Å². The third-order valence-corrected chi connectivity index (χ3v) is 4.09. The van der Waals surface area contributed by atoms with E-state index in [0.717, 1.165) is 36.8 Å². The van der Waals surface area contributed by atoms with Crippen molar-refractivity contribution in [2.45, 2.75) is 45.6 Å². The van der Waals surface area contributed by atoms with Crippen molar-refractivity contribution < 1.29 is 14.7 Å². The Morgan fingerprint density at radius 3 is 2.48 bits per heavy atom. The van der Waals surface area contributed by atoms with Crippen molar-refractivity contribution in [2.75, 3.05) is 11.9 Å². The van der Waals surface area contributed by atoms with Crippen LogP contribution in [0.2, 0.25) is 0 Å². The first-order valence-corrected chi connectivity index (χ1v) is 7.34. The van der Waals surface area contributed by atoms with E-state index in [9.17, 15) is 9.59 Å². The predicted octanol–water partition coefficient (Wildman–Crippen LogP) is 3.16. The molecule has 21 heavy (non-hydrogen) atoms. The highest BCUT2D eigenvalue weighted by Gasteiger charge is 2.28. The molecule has 5 nitrogen and oxygen atoms in total. The molecule has 5 heteroatoms. The lowest BCUT2D eigenvalue weighted by atomic mass is 10.1. The van der Waals surface area contributed by atoms with Crippen LogP contribution in [-0.4, -0.2) is 34.6 Å². The van der Waals surface area contributed by atoms with Crippen molar-refractivity contribution in [3.05, 3.63) is 29.3 Å². The van der Waals surface area contributed by atoms with Gasteiger partial charge in [0, 0.05) is 11.7 Å². The average molecular weight is 290 g/mol. The van der Waals surface area contributed by atoms with Crippen LogP contribution in [0.4, 0.5) is 10.5 Å². The molecule has 1 aromatic rings. The quantitative estimate of drug-likeness (QED) is 0.895. The third kappa shape index (κ3) is 3.97. The fourth-order valence-electron chi connectivity index (χ4n) is 2.74. The Labute approximate surface area is 125 Å². The Balaban J connectivity index is 2.09. The van der Waals surface area contributed by atoms with Gasteiger partial charge in [0.2, 0.25) is 0 Å². The topological polar surface area (TPSA) is 69.6 Å². The lowest BCUT2D eigenvalue weighted by molar-refractivity contribution is -0.138. The highest BCUT2D eigenvalue weighted by molar-refractivity contribution is 5.91. The number of nitrogens with zero attached hydrogens (tertiary/aromatic N) is 1. The Bertz CT molecular complexity index is 536. The Morgan fingerprint density at radius 2 is 1.90 bits per heavy atom. The molecule has 0 atom stereocenters. The zero-order valence-corrected chi connectivity index (χ0v) is 12.6. The van der Waals surface area contributed by atoms with Gasteiger partial charge >= 0.3 is 12.0 Å². The number of urea groups is 1. The molecular weight excluding hydrogens is 268 g/mol. The molecule has 2 amide bonds. The van der Waals surface area contributed by atoms with Crippen molar-refractivity contribution in [2.24, 2.45) is 0 Å². The molecule has 1 aliphatic carbocycles. The van der Waals surface area contributed by atoms with Crippen LogP contribution >= 0.6 is 0 Å². The second-order valence-corrected chi connectivity index (χ2v) is 5.69. The fraction of sp³-hybridized carbons (Fsp3) is 0.500. The van der Waals surface area contributed by atoms with E-state index in [2.05, 4.69) is 5.32 Å². The van der Waals surface area contributed by atoms with Gasteiger partial charge in [0.1, 0.15) is 6.54 Å². The summed E-state index contributed by atoms with van der Waals surface area (Å²) in [6, 6.07) is 5.40. The smallest absolute Gasteiger partial charge is 0.323 e. The lowest BCUT2D eigenvalue weighted by Gasteiger charge is -2.27. The van der Waals surface area contributed by atoms with Gasteiger partial charge in [-0.25, -0.2) is 4.79 Å². The number of hydrogen-bond acceptors (Lipinski definition) is 2. The van der Waals surface area contributed by atoms with E-state index < -0.39 is 5.97 Å². The van der Waals surface area contributed by atoms with Crippen LogP contribution in [0.25, 0.3) is 0 Å². The molecular formula is C16H22N2O3.